The molecular formula is C6H7NOS2. The summed E-state index contributed by atoms with van der Waals surface area (Å²) in [6.07, 6.45) is 2.42. The van der Waals surface area contributed by atoms with Crippen molar-refractivity contribution >= 4 is 34.2 Å². The Morgan fingerprint density at radius 3 is 3.00 bits per heavy atom. The maximum Gasteiger partial charge on any atom is 0.239 e. The van der Waals surface area contributed by atoms with Crippen LogP contribution in [-0.2, 0) is 4.79 Å². The van der Waals surface area contributed by atoms with E-state index in [0.717, 1.165) is 0 Å². The van der Waals surface area contributed by atoms with Gasteiger partial charge in [0.15, 0.2) is 0 Å². The van der Waals surface area contributed by atoms with Crippen LogP contribution in [0.25, 0.3) is 0 Å². The number of amides is 1. The fourth-order valence-corrected chi connectivity index (χ4v) is 1.97. The van der Waals surface area contributed by atoms with Gasteiger partial charge in [-0.15, -0.1) is 6.58 Å². The van der Waals surface area contributed by atoms with E-state index in [4.69, 9.17) is 12.2 Å². The summed E-state index contributed by atoms with van der Waals surface area (Å²) in [4.78, 5) is 10.9. The van der Waals surface area contributed by atoms with Crippen molar-refractivity contribution < 1.29 is 4.79 Å². The van der Waals surface area contributed by atoms with Gasteiger partial charge in [0.1, 0.15) is 4.32 Å². The van der Waals surface area contributed by atoms with E-state index < -0.39 is 0 Å². The molecule has 1 heterocycles. The average molecular weight is 173 g/mol. The van der Waals surface area contributed by atoms with Crippen molar-refractivity contribution in [1.29, 1.82) is 0 Å². The number of hydrogen-bond donors (Lipinski definition) is 1. The van der Waals surface area contributed by atoms with Gasteiger partial charge in [0, 0.05) is 0 Å². The molecule has 10 heavy (non-hydrogen) atoms. The van der Waals surface area contributed by atoms with Crippen molar-refractivity contribution in [1.82, 2.24) is 5.32 Å². The Bertz CT molecular complexity index is 190. The van der Waals surface area contributed by atoms with Gasteiger partial charge in [0.25, 0.3) is 0 Å². The lowest BCUT2D eigenvalue weighted by Crippen LogP contribution is -2.23. The van der Waals surface area contributed by atoms with Crippen molar-refractivity contribution in [2.75, 3.05) is 0 Å². The third kappa shape index (κ3) is 1.58. The topological polar surface area (TPSA) is 29.1 Å². The summed E-state index contributed by atoms with van der Waals surface area (Å²) in [6, 6.07) is 0. The zero-order valence-electron chi connectivity index (χ0n) is 5.29. The predicted octanol–water partition coefficient (Wildman–Crippen LogP) is 1.08. The molecule has 1 atom stereocenters. The van der Waals surface area contributed by atoms with Gasteiger partial charge in [0.2, 0.25) is 5.91 Å². The van der Waals surface area contributed by atoms with Crippen LogP contribution in [0.3, 0.4) is 0 Å². The van der Waals surface area contributed by atoms with Gasteiger partial charge >= 0.3 is 0 Å². The molecule has 0 saturated carbocycles. The van der Waals surface area contributed by atoms with Gasteiger partial charge in [-0.25, -0.2) is 0 Å². The minimum atomic E-state index is -0.0370. The summed E-state index contributed by atoms with van der Waals surface area (Å²) < 4.78 is 0.580. The Morgan fingerprint density at radius 2 is 2.60 bits per heavy atom. The highest BCUT2D eigenvalue weighted by Crippen LogP contribution is 2.21. The number of nitrogens with one attached hydrogen (secondary N) is 1. The minimum absolute atomic E-state index is 0.00917. The molecule has 1 aliphatic heterocycles. The van der Waals surface area contributed by atoms with Crippen LogP contribution in [0, 0.1) is 0 Å². The molecule has 2 nitrogen and oxygen atoms in total. The molecule has 0 bridgehead atoms. The molecule has 0 aromatic rings. The van der Waals surface area contributed by atoms with Crippen LogP contribution in [0.1, 0.15) is 6.42 Å². The highest BCUT2D eigenvalue weighted by Gasteiger charge is 2.27. The molecule has 54 valence electrons. The zero-order chi connectivity index (χ0) is 7.56. The second-order valence-corrected chi connectivity index (χ2v) is 3.79. The third-order valence-corrected chi connectivity index (χ3v) is 2.55. The van der Waals surface area contributed by atoms with Crippen molar-refractivity contribution in [3.63, 3.8) is 0 Å². The van der Waals surface area contributed by atoms with Crippen molar-refractivity contribution in [2.24, 2.45) is 0 Å². The Balaban J connectivity index is 2.54. The Labute approximate surface area is 69.1 Å². The number of rotatable bonds is 2. The van der Waals surface area contributed by atoms with E-state index in [1.54, 1.807) is 6.08 Å². The minimum Gasteiger partial charge on any atom is -0.311 e. The van der Waals surface area contributed by atoms with E-state index >= 15 is 0 Å². The van der Waals surface area contributed by atoms with Gasteiger partial charge < -0.3 is 5.32 Å². The molecule has 0 aromatic heterocycles. The quantitative estimate of drug-likeness (QED) is 0.500. The normalized spacial score (nSPS) is 24.6. The second kappa shape index (κ2) is 3.16. The molecule has 1 saturated heterocycles. The van der Waals surface area contributed by atoms with Crippen LogP contribution in [0.15, 0.2) is 12.7 Å². The van der Waals surface area contributed by atoms with Crippen molar-refractivity contribution in [3.05, 3.63) is 12.7 Å². The summed E-state index contributed by atoms with van der Waals surface area (Å²) in [5.41, 5.74) is 0. The number of thiocarbonyl (C=S) groups is 1. The van der Waals surface area contributed by atoms with Crippen LogP contribution in [0.2, 0.25) is 0 Å². The smallest absolute Gasteiger partial charge is 0.239 e. The average Bonchev–Trinajstić information content (AvgIpc) is 2.13. The largest absolute Gasteiger partial charge is 0.311 e. The fraction of sp³-hybridized carbons (Fsp3) is 0.333. The molecule has 0 aromatic carbocycles. The number of allylic oxidation sites excluding steroid dienone is 1. The van der Waals surface area contributed by atoms with E-state index in [-0.39, 0.29) is 11.2 Å². The molecule has 1 unspecified atom stereocenters. The van der Waals surface area contributed by atoms with Gasteiger partial charge in [-0.1, -0.05) is 30.1 Å². The van der Waals surface area contributed by atoms with Crippen LogP contribution < -0.4 is 5.32 Å². The zero-order valence-corrected chi connectivity index (χ0v) is 6.93. The first-order chi connectivity index (χ1) is 4.74. The second-order valence-electron chi connectivity index (χ2n) is 1.91. The lowest BCUT2D eigenvalue weighted by atomic mass is 10.3. The standard InChI is InChI=1S/C6H7NOS2/c1-2-3-4-5(8)7-6(9)10-4/h2,4H,1,3H2,(H,7,8,9). The molecule has 4 heteroatoms. The third-order valence-electron chi connectivity index (χ3n) is 1.15. The van der Waals surface area contributed by atoms with Crippen LogP contribution in [0.4, 0.5) is 0 Å². The molecule has 1 fully saturated rings. The molecular weight excluding hydrogens is 166 g/mol. The van der Waals surface area contributed by atoms with Crippen LogP contribution >= 0.6 is 24.0 Å². The van der Waals surface area contributed by atoms with E-state index in [2.05, 4.69) is 11.9 Å². The molecule has 1 amide bonds. The lowest BCUT2D eigenvalue weighted by molar-refractivity contribution is -0.118. The number of hydrogen-bond acceptors (Lipinski definition) is 3. The van der Waals surface area contributed by atoms with E-state index in [0.29, 0.717) is 10.7 Å². The van der Waals surface area contributed by atoms with Crippen LogP contribution in [-0.4, -0.2) is 15.5 Å². The number of carbonyl (C=O) groups excluding carboxylic acids is 1. The van der Waals surface area contributed by atoms with E-state index in [1.165, 1.54) is 11.8 Å². The van der Waals surface area contributed by atoms with Gasteiger partial charge in [-0.05, 0) is 6.42 Å². The lowest BCUT2D eigenvalue weighted by Gasteiger charge is -1.96. The first-order valence-electron chi connectivity index (χ1n) is 2.86. The molecule has 0 spiro atoms. The fourth-order valence-electron chi connectivity index (χ4n) is 0.700. The summed E-state index contributed by atoms with van der Waals surface area (Å²) in [5, 5.41) is 2.52. The van der Waals surface area contributed by atoms with Gasteiger partial charge in [-0.2, -0.15) is 0 Å². The summed E-state index contributed by atoms with van der Waals surface area (Å²) >= 11 is 6.18. The molecule has 1 rings (SSSR count). The Kier molecular flexibility index (Phi) is 2.45. The van der Waals surface area contributed by atoms with Gasteiger partial charge in [-0.3, -0.25) is 4.79 Å². The van der Waals surface area contributed by atoms with E-state index in [1.807, 2.05) is 0 Å². The molecule has 1 aliphatic rings. The number of thioether (sulfide) groups is 1. The highest BCUT2D eigenvalue weighted by molar-refractivity contribution is 8.24. The summed E-state index contributed by atoms with van der Waals surface area (Å²) in [7, 11) is 0. The summed E-state index contributed by atoms with van der Waals surface area (Å²) in [5.74, 6) is 0.00917. The Hall–Kier alpha value is -0.350. The predicted molar refractivity (Wildman–Crippen MR) is 46.9 cm³/mol. The summed E-state index contributed by atoms with van der Waals surface area (Å²) in [6.45, 7) is 3.55. The Morgan fingerprint density at radius 1 is 1.90 bits per heavy atom. The first-order valence-corrected chi connectivity index (χ1v) is 4.15. The monoisotopic (exact) mass is 173 g/mol. The molecule has 0 radical (unpaired) electrons. The maximum atomic E-state index is 10.9. The van der Waals surface area contributed by atoms with Crippen molar-refractivity contribution in [2.45, 2.75) is 11.7 Å². The highest BCUT2D eigenvalue weighted by atomic mass is 32.2. The molecule has 0 aliphatic carbocycles. The first kappa shape index (κ1) is 7.75. The van der Waals surface area contributed by atoms with Gasteiger partial charge in [0.05, 0.1) is 5.25 Å². The SMILES string of the molecule is C=CCC1SC(=S)NC1=O. The maximum absolute atomic E-state index is 10.9. The van der Waals surface area contributed by atoms with E-state index in [9.17, 15) is 4.79 Å². The number of carbonyl (C=O) groups is 1. The van der Waals surface area contributed by atoms with Crippen LogP contribution in [0.5, 0.6) is 0 Å². The molecule has 1 N–H and O–H groups in total. The van der Waals surface area contributed by atoms with Crippen molar-refractivity contribution in [3.8, 4) is 0 Å².